The first-order valence-electron chi connectivity index (χ1n) is 15.0. The lowest BCUT2D eigenvalue weighted by Gasteiger charge is -2.55. The number of halogens is 1. The monoisotopic (exact) mass is 540 g/mol. The number of carbonyl (C=O) groups excluding carboxylic acids is 1. The minimum atomic E-state index is 0. The molecule has 4 rings (SSSR count). The van der Waals surface area contributed by atoms with Crippen molar-refractivity contribution in [2.75, 3.05) is 20.6 Å². The molecule has 4 saturated carbocycles. The molecule has 1 atom stereocenters. The van der Waals surface area contributed by atoms with E-state index < -0.39 is 0 Å². The summed E-state index contributed by atoms with van der Waals surface area (Å²) in [6.45, 7) is 3.17. The first-order chi connectivity index (χ1) is 16.0. The molecule has 0 aromatic rings. The van der Waals surface area contributed by atoms with Crippen molar-refractivity contribution in [3.8, 4) is 0 Å². The Morgan fingerprint density at radius 1 is 0.765 bits per heavy atom. The van der Waals surface area contributed by atoms with Crippen LogP contribution in [-0.4, -0.2) is 37.5 Å². The number of nitrogens with one attached hydrogen (secondary N) is 1. The minimum Gasteiger partial charge on any atom is -0.356 e. The van der Waals surface area contributed by atoms with Gasteiger partial charge >= 0.3 is 0 Å². The highest BCUT2D eigenvalue weighted by Crippen LogP contribution is 2.60. The summed E-state index contributed by atoms with van der Waals surface area (Å²) >= 11 is 0. The van der Waals surface area contributed by atoms with E-state index in [4.69, 9.17) is 0 Å². The van der Waals surface area contributed by atoms with Crippen LogP contribution in [0.4, 0.5) is 0 Å². The largest absolute Gasteiger partial charge is 0.356 e. The van der Waals surface area contributed by atoms with Gasteiger partial charge in [-0.2, -0.15) is 0 Å². The normalized spacial score (nSPS) is 28.2. The van der Waals surface area contributed by atoms with Crippen LogP contribution in [0.5, 0.6) is 0 Å². The van der Waals surface area contributed by atoms with Crippen molar-refractivity contribution in [1.29, 1.82) is 0 Å². The van der Waals surface area contributed by atoms with E-state index in [1.165, 1.54) is 122 Å². The summed E-state index contributed by atoms with van der Waals surface area (Å²) in [5.74, 6) is 2.97. The molecule has 0 heterocycles. The fourth-order valence-electron chi connectivity index (χ4n) is 7.82. The van der Waals surface area contributed by atoms with E-state index in [0.717, 1.165) is 30.7 Å². The summed E-state index contributed by atoms with van der Waals surface area (Å²) in [5, 5.41) is 3.39. The third kappa shape index (κ3) is 9.41. The third-order valence-electron chi connectivity index (χ3n) is 9.39. The summed E-state index contributed by atoms with van der Waals surface area (Å²) < 4.78 is 0. The van der Waals surface area contributed by atoms with Gasteiger partial charge in [-0.05, 0) is 89.6 Å². The molecule has 34 heavy (non-hydrogen) atoms. The van der Waals surface area contributed by atoms with E-state index in [2.05, 4.69) is 31.2 Å². The Bertz CT molecular complexity index is 529. The predicted molar refractivity (Wildman–Crippen MR) is 152 cm³/mol. The molecular weight excluding hydrogens is 484 g/mol. The fourth-order valence-corrected chi connectivity index (χ4v) is 7.82. The number of nitrogens with zero attached hydrogens (tertiary/aromatic N) is 1. The van der Waals surface area contributed by atoms with Crippen LogP contribution in [-0.2, 0) is 4.79 Å². The molecular formula is C30H57BrN2O. The van der Waals surface area contributed by atoms with Gasteiger partial charge in [-0.1, -0.05) is 77.6 Å². The molecule has 0 radical (unpaired) electrons. The first kappa shape index (κ1) is 30.1. The van der Waals surface area contributed by atoms with E-state index in [-0.39, 0.29) is 22.4 Å². The average Bonchev–Trinajstić information content (AvgIpc) is 2.77. The van der Waals surface area contributed by atoms with Crippen LogP contribution < -0.4 is 5.32 Å². The predicted octanol–water partition coefficient (Wildman–Crippen LogP) is 8.31. The Hall–Kier alpha value is -0.0900. The molecule has 1 amide bonds. The van der Waals surface area contributed by atoms with Gasteiger partial charge < -0.3 is 10.2 Å². The second-order valence-corrected chi connectivity index (χ2v) is 12.5. The van der Waals surface area contributed by atoms with Crippen molar-refractivity contribution in [3.05, 3.63) is 0 Å². The van der Waals surface area contributed by atoms with Gasteiger partial charge in [0.25, 0.3) is 0 Å². The number of hydrogen-bond donors (Lipinski definition) is 1. The second kappa shape index (κ2) is 15.9. The van der Waals surface area contributed by atoms with Crippen LogP contribution in [0, 0.1) is 23.2 Å². The molecule has 4 fully saturated rings. The zero-order valence-electron chi connectivity index (χ0n) is 22.9. The smallest absolute Gasteiger partial charge is 0.226 e. The molecule has 0 spiro atoms. The van der Waals surface area contributed by atoms with Gasteiger partial charge in [-0.15, -0.1) is 17.0 Å². The number of amides is 1. The lowest BCUT2D eigenvalue weighted by molar-refractivity contribution is -0.146. The average molecular weight is 542 g/mol. The lowest BCUT2D eigenvalue weighted by atomic mass is 9.49. The maximum atomic E-state index is 13.1. The van der Waals surface area contributed by atoms with Gasteiger partial charge in [-0.25, -0.2) is 0 Å². The Balaban J connectivity index is 0.00000408. The standard InChI is InChI=1S/C30H56N2O.BrH/c1-4-5-6-7-8-9-10-11-12-13-14-16-28(32(2)3)17-15-18-31-29(33)30-22-25-19-26(23-30)21-27(20-25)24-30;/h25-28H,4-24H2,1-3H3,(H,31,33);1H. The van der Waals surface area contributed by atoms with Gasteiger partial charge in [-0.3, -0.25) is 4.79 Å². The van der Waals surface area contributed by atoms with E-state index in [9.17, 15) is 4.79 Å². The maximum Gasteiger partial charge on any atom is 0.226 e. The number of hydrogen-bond acceptors (Lipinski definition) is 2. The summed E-state index contributed by atoms with van der Waals surface area (Å²) in [7, 11) is 4.47. The van der Waals surface area contributed by atoms with Crippen LogP contribution in [0.2, 0.25) is 0 Å². The molecule has 0 aromatic heterocycles. The summed E-state index contributed by atoms with van der Waals surface area (Å²) in [6.07, 6.45) is 27.0. The van der Waals surface area contributed by atoms with Crippen LogP contribution >= 0.6 is 17.0 Å². The van der Waals surface area contributed by atoms with E-state index in [1.54, 1.807) is 0 Å². The molecule has 1 N–H and O–H groups in total. The fraction of sp³-hybridized carbons (Fsp3) is 0.967. The molecule has 4 bridgehead atoms. The maximum absolute atomic E-state index is 13.1. The van der Waals surface area contributed by atoms with Crippen molar-refractivity contribution in [1.82, 2.24) is 10.2 Å². The SMILES string of the molecule is Br.CCCCCCCCCCCCCC(CCCNC(=O)C12CC3CC(CC(C3)C1)C2)N(C)C. The van der Waals surface area contributed by atoms with Gasteiger partial charge in [0, 0.05) is 18.0 Å². The Kier molecular flexibility index (Phi) is 14.1. The zero-order valence-corrected chi connectivity index (χ0v) is 24.6. The van der Waals surface area contributed by atoms with Gasteiger partial charge in [0.1, 0.15) is 0 Å². The molecule has 200 valence electrons. The van der Waals surface area contributed by atoms with Gasteiger partial charge in [0.2, 0.25) is 5.91 Å². The molecule has 3 nitrogen and oxygen atoms in total. The van der Waals surface area contributed by atoms with Crippen molar-refractivity contribution < 1.29 is 4.79 Å². The van der Waals surface area contributed by atoms with E-state index in [1.807, 2.05) is 0 Å². The highest BCUT2D eigenvalue weighted by Gasteiger charge is 2.54. The van der Waals surface area contributed by atoms with Crippen molar-refractivity contribution in [3.63, 3.8) is 0 Å². The second-order valence-electron chi connectivity index (χ2n) is 12.5. The van der Waals surface area contributed by atoms with E-state index >= 15 is 0 Å². The molecule has 4 aliphatic carbocycles. The summed E-state index contributed by atoms with van der Waals surface area (Å²) in [5.41, 5.74) is 0.0191. The van der Waals surface area contributed by atoms with Gasteiger partial charge in [0.05, 0.1) is 0 Å². The summed E-state index contributed by atoms with van der Waals surface area (Å²) in [4.78, 5) is 15.6. The van der Waals surface area contributed by atoms with Crippen LogP contribution in [0.1, 0.15) is 135 Å². The number of carbonyl (C=O) groups is 1. The molecule has 4 aliphatic rings. The van der Waals surface area contributed by atoms with Crippen LogP contribution in [0.3, 0.4) is 0 Å². The highest BCUT2D eigenvalue weighted by atomic mass is 79.9. The van der Waals surface area contributed by atoms with Gasteiger partial charge in [0.15, 0.2) is 0 Å². The number of unbranched alkanes of at least 4 members (excludes halogenated alkanes) is 10. The zero-order chi connectivity index (χ0) is 23.5. The molecule has 0 aromatic carbocycles. The Labute approximate surface area is 222 Å². The highest BCUT2D eigenvalue weighted by molar-refractivity contribution is 8.93. The number of rotatable bonds is 18. The minimum absolute atomic E-state index is 0. The lowest BCUT2D eigenvalue weighted by Crippen LogP contribution is -2.53. The topological polar surface area (TPSA) is 32.3 Å². The first-order valence-corrected chi connectivity index (χ1v) is 15.0. The van der Waals surface area contributed by atoms with Crippen molar-refractivity contribution >= 4 is 22.9 Å². The quantitative estimate of drug-likeness (QED) is 0.177. The van der Waals surface area contributed by atoms with Crippen LogP contribution in [0.15, 0.2) is 0 Å². The van der Waals surface area contributed by atoms with Crippen molar-refractivity contribution in [2.45, 2.75) is 141 Å². The Morgan fingerprint density at radius 3 is 1.68 bits per heavy atom. The van der Waals surface area contributed by atoms with E-state index in [0.29, 0.717) is 11.9 Å². The molecule has 0 aliphatic heterocycles. The third-order valence-corrected chi connectivity index (χ3v) is 9.39. The molecule has 1 unspecified atom stereocenters. The Morgan fingerprint density at radius 2 is 1.21 bits per heavy atom. The summed E-state index contributed by atoms with van der Waals surface area (Å²) in [6, 6.07) is 0.667. The molecule has 4 heteroatoms. The molecule has 0 saturated heterocycles. The van der Waals surface area contributed by atoms with Crippen molar-refractivity contribution in [2.24, 2.45) is 23.2 Å². The van der Waals surface area contributed by atoms with Crippen LogP contribution in [0.25, 0.3) is 0 Å².